The Hall–Kier alpha value is -4.14. The topological polar surface area (TPSA) is 69.1 Å². The van der Waals surface area contributed by atoms with Crippen molar-refractivity contribution < 1.29 is 51.5 Å². The standard InChI is InChI=1S/C36H50N2.C31H42N2.2C4H9O.Ni.Pd/c1-5-9-13-14-16-20-30-21-17-18-23-32(30)36-34(24-15-10-6-2)33(22-12-8-4)35(38(36)37)31-27-25-29(26-28-31)19-11-7-3;1-5-9-12-18-29-28(17-11-7-3)30(26-21-19-25(20-22-26)14-10-6-2)33(32)31(29)27-16-13-15-24(8-4)23-27;2*1-2-3-4-5;;/h13-14,17-18,21,23,25-28H,5-12,15-16,19-20,22,24H2,1-4H3;13,15-16,19-23H,5-12,14,17-18H2,1-4H3;2*2-4H2,1H3;;/q;;2*-1;;+2. The van der Waals surface area contributed by atoms with E-state index in [9.17, 15) is 11.1 Å². The smallest absolute Gasteiger partial charge is 0 e. The molecule has 6 nitrogen and oxygen atoms in total. The van der Waals surface area contributed by atoms with Crippen LogP contribution in [0.4, 0.5) is 0 Å². The maximum absolute atomic E-state index is 11.9. The number of hydrogen-bond donors (Lipinski definition) is 0. The van der Waals surface area contributed by atoms with Crippen LogP contribution in [0.2, 0.25) is 0 Å². The molecule has 0 N–H and O–H groups in total. The van der Waals surface area contributed by atoms with Crippen LogP contribution in [-0.2, 0) is 67.8 Å². The molecule has 462 valence electrons. The quantitative estimate of drug-likeness (QED) is 0.0194. The van der Waals surface area contributed by atoms with Crippen molar-refractivity contribution >= 4 is 22.8 Å². The van der Waals surface area contributed by atoms with Crippen molar-refractivity contribution in [1.29, 1.82) is 0 Å². The second kappa shape index (κ2) is 44.3. The summed E-state index contributed by atoms with van der Waals surface area (Å²) < 4.78 is 13.6. The number of benzene rings is 4. The molecular weight excluding hydrogens is 1150 g/mol. The third-order valence-corrected chi connectivity index (χ3v) is 16.7. The van der Waals surface area contributed by atoms with Gasteiger partial charge in [0.05, 0.1) is 0 Å². The number of unbranched alkanes of at least 4 members (excludes halogenated alkanes) is 11. The second-order valence-corrected chi connectivity index (χ2v) is 23.7. The van der Waals surface area contributed by atoms with Crippen LogP contribution in [0.15, 0.2) is 132 Å². The molecule has 0 amide bonds. The fourth-order valence-electron chi connectivity index (χ4n) is 10.8. The van der Waals surface area contributed by atoms with Crippen molar-refractivity contribution in [3.8, 4) is 0 Å². The molecule has 6 rings (SSSR count). The molecule has 4 aromatic carbocycles. The minimum absolute atomic E-state index is 0. The van der Waals surface area contributed by atoms with Crippen LogP contribution in [0.25, 0.3) is 33.9 Å². The summed E-state index contributed by atoms with van der Waals surface area (Å²) in [7, 11) is 0. The molecule has 0 spiro atoms. The van der Waals surface area contributed by atoms with Crippen LogP contribution >= 0.6 is 0 Å². The number of hydrogen-bond acceptors (Lipinski definition) is 2. The van der Waals surface area contributed by atoms with E-state index >= 15 is 0 Å². The number of aryl methyl sites for hydroxylation is 4. The summed E-state index contributed by atoms with van der Waals surface area (Å²) in [5.41, 5.74) is 42.9. The fourth-order valence-corrected chi connectivity index (χ4v) is 11.6. The summed E-state index contributed by atoms with van der Waals surface area (Å²) in [6, 6.07) is 35.4. The van der Waals surface area contributed by atoms with Crippen LogP contribution in [0.3, 0.4) is 0 Å². The van der Waals surface area contributed by atoms with Gasteiger partial charge in [-0.2, -0.15) is 0 Å². The summed E-state index contributed by atoms with van der Waals surface area (Å²) in [5.74, 6) is 0. The molecule has 2 aliphatic heterocycles. The summed E-state index contributed by atoms with van der Waals surface area (Å²) in [6.45, 7) is 24.0. The van der Waals surface area contributed by atoms with Crippen molar-refractivity contribution in [3.05, 3.63) is 187 Å². The Kier molecular flexibility index (Phi) is 39.0. The average Bonchev–Trinajstić information content (AvgIpc) is 2.28. The van der Waals surface area contributed by atoms with Gasteiger partial charge in [0.2, 0.25) is 22.8 Å². The van der Waals surface area contributed by atoms with Crippen LogP contribution in [0, 0.1) is 0 Å². The van der Waals surface area contributed by atoms with E-state index in [4.69, 9.17) is 6.92 Å². The number of allylic oxidation sites excluding steroid dienone is 6. The summed E-state index contributed by atoms with van der Waals surface area (Å²) in [4.78, 5) is 0. The Morgan fingerprint density at radius 2 is 0.795 bits per heavy atom. The first-order valence-corrected chi connectivity index (χ1v) is 34.2. The zero-order valence-corrected chi connectivity index (χ0v) is 56.1. The second-order valence-electron chi connectivity index (χ2n) is 22.5. The van der Waals surface area contributed by atoms with Gasteiger partial charge in [-0.1, -0.05) is 180 Å². The van der Waals surface area contributed by atoms with E-state index in [1.165, 1.54) is 125 Å². The molecule has 83 heavy (non-hydrogen) atoms. The average molecular weight is 1260 g/mol. The normalized spacial score (nSPS) is 13.4. The third-order valence-electron chi connectivity index (χ3n) is 15.7. The molecule has 0 unspecified atom stereocenters. The van der Waals surface area contributed by atoms with Gasteiger partial charge in [0.25, 0.3) is 0 Å². The molecule has 8 heteroatoms. The van der Waals surface area contributed by atoms with Crippen molar-refractivity contribution in [2.24, 2.45) is 0 Å². The van der Waals surface area contributed by atoms with Crippen LogP contribution in [0.1, 0.15) is 274 Å². The van der Waals surface area contributed by atoms with Gasteiger partial charge in [-0.05, 0) is 167 Å². The molecule has 0 saturated heterocycles. The largest absolute Gasteiger partial charge is 0 e. The number of rotatable bonds is 38. The fraction of sp³-hybridized carbons (Fsp3) is 0.547. The van der Waals surface area contributed by atoms with Crippen LogP contribution < -0.4 is 0 Å². The molecule has 0 radical (unpaired) electrons. The van der Waals surface area contributed by atoms with E-state index in [1.807, 2.05) is 0 Å². The maximum atomic E-state index is 11.9. The SMILES string of the molecule is CCCC=CCCc1ccccc1C1=C(CCCCC)C(CCCC)=C(c2ccc(CCCC)cc2)[N+]1=[N-].CCCCCC1=C(c2cccc(CC)c2)[N+](=[N-])C(c2ccc(CCCC)cc2)=C1CCCC.CCCC[O][Pd][O]CCCC.[Ni]. The first kappa shape index (κ1) is 73.1. The zero-order chi connectivity index (χ0) is 59.2. The van der Waals surface area contributed by atoms with E-state index in [1.54, 1.807) is 4.70 Å². The van der Waals surface area contributed by atoms with Gasteiger partial charge in [-0.3, -0.25) is 0 Å². The molecular formula is C75H110N4NiO2Pd. The minimum Gasteiger partial charge on any atom is 0 e. The molecule has 0 saturated carbocycles. The van der Waals surface area contributed by atoms with Gasteiger partial charge >= 0.3 is 78.4 Å². The van der Waals surface area contributed by atoms with Gasteiger partial charge in [0, 0.05) is 61.0 Å². The summed E-state index contributed by atoms with van der Waals surface area (Å²) in [6.07, 6.45) is 37.6. The first-order valence-electron chi connectivity index (χ1n) is 33.0. The molecule has 0 aliphatic carbocycles. The van der Waals surface area contributed by atoms with Gasteiger partial charge in [0.15, 0.2) is 0 Å². The van der Waals surface area contributed by atoms with Gasteiger partial charge in [0.1, 0.15) is 0 Å². The van der Waals surface area contributed by atoms with Crippen molar-refractivity contribution in [1.82, 2.24) is 0 Å². The Bertz CT molecular complexity index is 2630. The molecule has 0 aromatic heterocycles. The zero-order valence-electron chi connectivity index (χ0n) is 53.6. The number of nitrogens with zero attached hydrogens (tertiary/aromatic N) is 4. The van der Waals surface area contributed by atoms with Gasteiger partial charge in [-0.15, -0.1) is 0 Å². The molecule has 0 atom stereocenters. The molecule has 4 aromatic rings. The van der Waals surface area contributed by atoms with Gasteiger partial charge < -0.3 is 11.1 Å². The Labute approximate surface area is 526 Å². The Morgan fingerprint density at radius 1 is 0.373 bits per heavy atom. The van der Waals surface area contributed by atoms with Crippen molar-refractivity contribution in [2.45, 2.75) is 255 Å². The van der Waals surface area contributed by atoms with E-state index in [0.29, 0.717) is 0 Å². The predicted molar refractivity (Wildman–Crippen MR) is 349 cm³/mol. The predicted octanol–water partition coefficient (Wildman–Crippen LogP) is 23.3. The molecule has 2 heterocycles. The molecule has 0 bridgehead atoms. The Balaban J connectivity index is 0.000000367. The van der Waals surface area contributed by atoms with Gasteiger partial charge in [-0.25, -0.2) is 9.39 Å². The van der Waals surface area contributed by atoms with Crippen molar-refractivity contribution in [2.75, 3.05) is 13.2 Å². The Morgan fingerprint density at radius 3 is 1.27 bits per heavy atom. The minimum atomic E-state index is 0. The van der Waals surface area contributed by atoms with E-state index in [2.05, 4.69) is 178 Å². The van der Waals surface area contributed by atoms with E-state index < -0.39 is 0 Å². The molecule has 2 aliphatic rings. The van der Waals surface area contributed by atoms with E-state index in [0.717, 1.165) is 168 Å². The maximum Gasteiger partial charge on any atom is 0 e. The first-order chi connectivity index (χ1) is 40.2. The summed E-state index contributed by atoms with van der Waals surface area (Å²) >= 11 is 0.0757. The van der Waals surface area contributed by atoms with E-state index in [-0.39, 0.29) is 35.2 Å². The monoisotopic (exact) mass is 1260 g/mol. The van der Waals surface area contributed by atoms with Crippen LogP contribution in [0.5, 0.6) is 0 Å². The third kappa shape index (κ3) is 24.3. The van der Waals surface area contributed by atoms with Crippen LogP contribution in [-0.4, -0.2) is 22.6 Å². The van der Waals surface area contributed by atoms with Crippen molar-refractivity contribution in [3.63, 3.8) is 0 Å². The molecule has 0 fully saturated rings. The summed E-state index contributed by atoms with van der Waals surface area (Å²) in [5, 5.41) is 0.